The molecule has 0 unspecified atom stereocenters. The minimum Gasteiger partial charge on any atom is -0.342 e. The molecule has 3 aliphatic heterocycles. The van der Waals surface area contributed by atoms with Crippen molar-refractivity contribution in [2.75, 3.05) is 58.9 Å². The number of hydrogen-bond acceptors (Lipinski definition) is 6. The molecule has 0 radical (unpaired) electrons. The number of sulfonamides is 1. The predicted molar refractivity (Wildman–Crippen MR) is 119 cm³/mol. The summed E-state index contributed by atoms with van der Waals surface area (Å²) in [6.07, 6.45) is 5.44. The fraction of sp³-hybridized carbons (Fsp3) is 0.714. The summed E-state index contributed by atoms with van der Waals surface area (Å²) in [6.45, 7) is 5.95. The zero-order chi connectivity index (χ0) is 21.8. The van der Waals surface area contributed by atoms with E-state index in [-0.39, 0.29) is 18.2 Å². The Balaban J connectivity index is 1.25. The molecular weight excluding hydrogens is 436 g/mol. The third-order valence-corrected chi connectivity index (χ3v) is 9.87. The van der Waals surface area contributed by atoms with Crippen LogP contribution in [-0.4, -0.2) is 98.1 Å². The van der Waals surface area contributed by atoms with Crippen LogP contribution < -0.4 is 0 Å². The number of rotatable bonds is 6. The zero-order valence-electron chi connectivity index (χ0n) is 18.0. The lowest BCUT2D eigenvalue weighted by Crippen LogP contribution is -2.52. The maximum absolute atomic E-state index is 12.7. The van der Waals surface area contributed by atoms with Crippen molar-refractivity contribution in [1.82, 2.24) is 19.0 Å². The fourth-order valence-corrected chi connectivity index (χ4v) is 7.52. The van der Waals surface area contributed by atoms with Gasteiger partial charge in [0.2, 0.25) is 11.8 Å². The molecule has 2 amide bonds. The molecule has 1 aromatic heterocycles. The van der Waals surface area contributed by atoms with Gasteiger partial charge in [0, 0.05) is 57.2 Å². The molecule has 0 N–H and O–H groups in total. The minimum absolute atomic E-state index is 0.0222. The van der Waals surface area contributed by atoms with Gasteiger partial charge in [-0.25, -0.2) is 8.42 Å². The molecular formula is C21H32N4O4S2. The van der Waals surface area contributed by atoms with Crippen molar-refractivity contribution in [3.8, 4) is 0 Å². The highest BCUT2D eigenvalue weighted by Gasteiger charge is 2.29. The van der Waals surface area contributed by atoms with Gasteiger partial charge in [0.25, 0.3) is 10.0 Å². The smallest absolute Gasteiger partial charge is 0.252 e. The number of likely N-dealkylation sites (tertiary alicyclic amines) is 1. The standard InChI is InChI=1S/C21H32N4O4S2/c26-19(16-18-6-7-21(30-18)31(28,29)25-10-4-5-11-25)24-14-12-22(13-15-24)17-20(27)23-8-2-1-3-9-23/h6-7H,1-5,8-17H2. The molecule has 0 aromatic carbocycles. The van der Waals surface area contributed by atoms with Crippen LogP contribution in [0.25, 0.3) is 0 Å². The molecule has 0 saturated carbocycles. The Hall–Kier alpha value is -1.49. The summed E-state index contributed by atoms with van der Waals surface area (Å²) < 4.78 is 27.2. The molecule has 3 saturated heterocycles. The van der Waals surface area contributed by atoms with Gasteiger partial charge in [-0.1, -0.05) is 0 Å². The van der Waals surface area contributed by atoms with Crippen molar-refractivity contribution in [3.63, 3.8) is 0 Å². The van der Waals surface area contributed by atoms with Gasteiger partial charge in [-0.3, -0.25) is 14.5 Å². The van der Waals surface area contributed by atoms with E-state index in [1.807, 2.05) is 9.80 Å². The van der Waals surface area contributed by atoms with Gasteiger partial charge in [0.05, 0.1) is 13.0 Å². The number of piperidine rings is 1. The van der Waals surface area contributed by atoms with Crippen LogP contribution in [0.5, 0.6) is 0 Å². The minimum atomic E-state index is -3.42. The average molecular weight is 469 g/mol. The van der Waals surface area contributed by atoms with Crippen molar-refractivity contribution in [3.05, 3.63) is 17.0 Å². The molecule has 4 rings (SSSR count). The first-order valence-electron chi connectivity index (χ1n) is 11.3. The second-order valence-electron chi connectivity index (χ2n) is 8.61. The number of carbonyl (C=O) groups is 2. The van der Waals surface area contributed by atoms with Gasteiger partial charge in [-0.15, -0.1) is 11.3 Å². The first-order valence-corrected chi connectivity index (χ1v) is 13.6. The summed E-state index contributed by atoms with van der Waals surface area (Å²) in [7, 11) is -3.42. The Kier molecular flexibility index (Phi) is 7.30. The summed E-state index contributed by atoms with van der Waals surface area (Å²) in [5, 5.41) is 0. The third-order valence-electron chi connectivity index (χ3n) is 6.41. The number of amides is 2. The maximum atomic E-state index is 12.7. The van der Waals surface area contributed by atoms with E-state index in [1.165, 1.54) is 22.1 Å². The number of nitrogens with zero attached hydrogens (tertiary/aromatic N) is 4. The highest BCUT2D eigenvalue weighted by molar-refractivity contribution is 7.91. The first-order chi connectivity index (χ1) is 14.9. The second kappa shape index (κ2) is 9.97. The van der Waals surface area contributed by atoms with E-state index in [9.17, 15) is 18.0 Å². The summed E-state index contributed by atoms with van der Waals surface area (Å²) in [6, 6.07) is 3.39. The van der Waals surface area contributed by atoms with Gasteiger partial charge in [0.1, 0.15) is 4.21 Å². The summed E-state index contributed by atoms with van der Waals surface area (Å²) >= 11 is 1.21. The molecule has 10 heteroatoms. The number of thiophene rings is 1. The van der Waals surface area contributed by atoms with E-state index in [2.05, 4.69) is 4.90 Å². The van der Waals surface area contributed by atoms with Crippen LogP contribution in [-0.2, 0) is 26.0 Å². The average Bonchev–Trinajstić information content (AvgIpc) is 3.48. The molecule has 0 bridgehead atoms. The number of piperazine rings is 1. The molecule has 1 aromatic rings. The van der Waals surface area contributed by atoms with Crippen molar-refractivity contribution in [2.24, 2.45) is 0 Å². The highest BCUT2D eigenvalue weighted by Crippen LogP contribution is 2.28. The largest absolute Gasteiger partial charge is 0.342 e. The van der Waals surface area contributed by atoms with Crippen LogP contribution in [0.3, 0.4) is 0 Å². The Morgan fingerprint density at radius 2 is 1.39 bits per heavy atom. The monoisotopic (exact) mass is 468 g/mol. The zero-order valence-corrected chi connectivity index (χ0v) is 19.6. The summed E-state index contributed by atoms with van der Waals surface area (Å²) in [5.41, 5.74) is 0. The van der Waals surface area contributed by atoms with Gasteiger partial charge in [0.15, 0.2) is 0 Å². The van der Waals surface area contributed by atoms with Gasteiger partial charge >= 0.3 is 0 Å². The van der Waals surface area contributed by atoms with Crippen LogP contribution >= 0.6 is 11.3 Å². The normalized spacial score (nSPS) is 21.5. The first kappa shape index (κ1) is 22.7. The molecule has 0 spiro atoms. The topological polar surface area (TPSA) is 81.2 Å². The van der Waals surface area contributed by atoms with E-state index >= 15 is 0 Å². The van der Waals surface area contributed by atoms with Gasteiger partial charge in [-0.05, 0) is 44.2 Å². The van der Waals surface area contributed by atoms with Crippen LogP contribution in [0.2, 0.25) is 0 Å². The summed E-state index contributed by atoms with van der Waals surface area (Å²) in [4.78, 5) is 31.9. The molecule has 3 fully saturated rings. The quantitative estimate of drug-likeness (QED) is 0.627. The van der Waals surface area contributed by atoms with Crippen molar-refractivity contribution >= 4 is 33.2 Å². The van der Waals surface area contributed by atoms with Crippen molar-refractivity contribution in [2.45, 2.75) is 42.7 Å². The Morgan fingerprint density at radius 1 is 0.774 bits per heavy atom. The molecule has 0 atom stereocenters. The summed E-state index contributed by atoms with van der Waals surface area (Å²) in [5.74, 6) is 0.221. The lowest BCUT2D eigenvalue weighted by molar-refractivity contribution is -0.135. The lowest BCUT2D eigenvalue weighted by Gasteiger charge is -2.36. The molecule has 4 heterocycles. The molecule has 8 nitrogen and oxygen atoms in total. The Bertz CT molecular complexity index is 881. The number of carbonyl (C=O) groups excluding carboxylic acids is 2. The maximum Gasteiger partial charge on any atom is 0.252 e. The van der Waals surface area contributed by atoms with Gasteiger partial charge < -0.3 is 9.80 Å². The van der Waals surface area contributed by atoms with Gasteiger partial charge in [-0.2, -0.15) is 4.31 Å². The van der Waals surface area contributed by atoms with E-state index in [0.29, 0.717) is 50.0 Å². The highest BCUT2D eigenvalue weighted by atomic mass is 32.2. The molecule has 31 heavy (non-hydrogen) atoms. The van der Waals surface area contributed by atoms with E-state index in [0.717, 1.165) is 43.6 Å². The van der Waals surface area contributed by atoms with Crippen molar-refractivity contribution < 1.29 is 18.0 Å². The predicted octanol–water partition coefficient (Wildman–Crippen LogP) is 1.23. The molecule has 3 aliphatic rings. The van der Waals surface area contributed by atoms with Crippen LogP contribution in [0.15, 0.2) is 16.3 Å². The Labute approximate surface area is 188 Å². The second-order valence-corrected chi connectivity index (χ2v) is 11.9. The van der Waals surface area contributed by atoms with E-state index in [4.69, 9.17) is 0 Å². The van der Waals surface area contributed by atoms with Crippen LogP contribution in [0, 0.1) is 0 Å². The molecule has 0 aliphatic carbocycles. The SMILES string of the molecule is O=C(Cc1ccc(S(=O)(=O)N2CCCC2)s1)N1CCN(CC(=O)N2CCCCC2)CC1. The molecule has 172 valence electrons. The van der Waals surface area contributed by atoms with Crippen LogP contribution in [0.1, 0.15) is 37.0 Å². The number of hydrogen-bond donors (Lipinski definition) is 0. The fourth-order valence-electron chi connectivity index (χ4n) is 4.50. The Morgan fingerprint density at radius 3 is 2.06 bits per heavy atom. The van der Waals surface area contributed by atoms with E-state index in [1.54, 1.807) is 12.1 Å². The van der Waals surface area contributed by atoms with Crippen molar-refractivity contribution in [1.29, 1.82) is 0 Å². The third kappa shape index (κ3) is 5.47. The lowest BCUT2D eigenvalue weighted by atomic mass is 10.1. The van der Waals surface area contributed by atoms with E-state index < -0.39 is 10.0 Å². The van der Waals surface area contributed by atoms with Crippen LogP contribution in [0.4, 0.5) is 0 Å².